The van der Waals surface area contributed by atoms with Crippen LogP contribution in [-0.4, -0.2) is 82.3 Å². The zero-order valence-corrected chi connectivity index (χ0v) is 21.6. The molecule has 1 aliphatic heterocycles. The van der Waals surface area contributed by atoms with Gasteiger partial charge < -0.3 is 9.67 Å². The summed E-state index contributed by atoms with van der Waals surface area (Å²) in [6.45, 7) is 0.191. The van der Waals surface area contributed by atoms with E-state index in [1.54, 1.807) is 13.1 Å². The largest absolute Gasteiger partial charge is 0.401 e. The normalized spacial score (nSPS) is 22.3. The number of fused-ring (bicyclic) bond motifs is 1. The monoisotopic (exact) mass is 555 g/mol. The van der Waals surface area contributed by atoms with Crippen LogP contribution in [0.2, 0.25) is 0 Å². The molecule has 38 heavy (non-hydrogen) atoms. The van der Waals surface area contributed by atoms with E-state index < -0.39 is 33.5 Å². The number of halogens is 4. The van der Waals surface area contributed by atoms with Crippen LogP contribution in [0.25, 0.3) is 22.2 Å². The lowest BCUT2D eigenvalue weighted by Gasteiger charge is -2.34. The van der Waals surface area contributed by atoms with Gasteiger partial charge in [-0.2, -0.15) is 17.5 Å². The minimum atomic E-state index is -4.37. The predicted molar refractivity (Wildman–Crippen MR) is 132 cm³/mol. The minimum absolute atomic E-state index is 0.0877. The van der Waals surface area contributed by atoms with Gasteiger partial charge in [-0.05, 0) is 50.3 Å². The molecule has 3 heterocycles. The summed E-state index contributed by atoms with van der Waals surface area (Å²) in [5.41, 5.74) is 1.82. The predicted octanol–water partition coefficient (Wildman–Crippen LogP) is 3.89. The van der Waals surface area contributed by atoms with Crippen molar-refractivity contribution in [3.05, 3.63) is 42.2 Å². The third kappa shape index (κ3) is 5.42. The highest BCUT2D eigenvalue weighted by atomic mass is 32.2. The first-order valence-corrected chi connectivity index (χ1v) is 14.0. The highest BCUT2D eigenvalue weighted by Gasteiger charge is 2.36. The average molecular weight is 556 g/mol. The van der Waals surface area contributed by atoms with Gasteiger partial charge in [-0.1, -0.05) is 6.07 Å². The van der Waals surface area contributed by atoms with E-state index in [0.29, 0.717) is 40.8 Å². The van der Waals surface area contributed by atoms with Crippen LogP contribution in [0.3, 0.4) is 0 Å². The summed E-state index contributed by atoms with van der Waals surface area (Å²) >= 11 is 0. The maximum absolute atomic E-state index is 15.3. The second-order valence-corrected chi connectivity index (χ2v) is 11.9. The van der Waals surface area contributed by atoms with Crippen molar-refractivity contribution in [2.45, 2.75) is 55.8 Å². The number of aromatic nitrogens is 3. The smallest absolute Gasteiger partial charge is 0.393 e. The maximum Gasteiger partial charge on any atom is 0.401 e. The van der Waals surface area contributed by atoms with Gasteiger partial charge in [0.25, 0.3) is 0 Å². The van der Waals surface area contributed by atoms with E-state index in [1.807, 2.05) is 10.8 Å². The highest BCUT2D eigenvalue weighted by molar-refractivity contribution is 7.89. The molecule has 2 aromatic heterocycles. The van der Waals surface area contributed by atoms with Crippen LogP contribution >= 0.6 is 0 Å². The standard InChI is InChI=1S/C25H29F4N5O3S/c1-16-30-13-20-21(14-34(24(20)31-16)18-3-5-19(35)6-4-18)17-2-7-23(22(26)12-17)38(36,37)33-10-8-32(9-11-33)15-25(27,28)29/h2,7,12-14,18-19,35H,3-6,8-11,15H2,1H3. The van der Waals surface area contributed by atoms with Gasteiger partial charge in [-0.15, -0.1) is 0 Å². The molecular formula is C25H29F4N5O3S. The molecule has 1 saturated carbocycles. The van der Waals surface area contributed by atoms with Crippen LogP contribution in [0.15, 0.2) is 35.5 Å². The van der Waals surface area contributed by atoms with Crippen molar-refractivity contribution >= 4 is 21.1 Å². The lowest BCUT2D eigenvalue weighted by atomic mass is 9.93. The van der Waals surface area contributed by atoms with Crippen LogP contribution in [-0.2, 0) is 10.0 Å². The van der Waals surface area contributed by atoms with Crippen molar-refractivity contribution in [3.63, 3.8) is 0 Å². The van der Waals surface area contributed by atoms with E-state index in [4.69, 9.17) is 0 Å². The number of aryl methyl sites for hydroxylation is 1. The molecule has 0 radical (unpaired) electrons. The fourth-order valence-corrected chi connectivity index (χ4v) is 6.83. The fraction of sp³-hybridized carbons (Fsp3) is 0.520. The van der Waals surface area contributed by atoms with Gasteiger partial charge in [0.15, 0.2) is 0 Å². The summed E-state index contributed by atoms with van der Waals surface area (Å²) in [4.78, 5) is 9.53. The molecule has 1 aromatic carbocycles. The molecule has 2 fully saturated rings. The second-order valence-electron chi connectivity index (χ2n) is 10.0. The molecule has 8 nitrogen and oxygen atoms in total. The zero-order chi connectivity index (χ0) is 27.2. The number of hydrogen-bond donors (Lipinski definition) is 1. The number of rotatable bonds is 5. The first-order valence-electron chi connectivity index (χ1n) is 12.5. The number of sulfonamides is 1. The van der Waals surface area contributed by atoms with Gasteiger partial charge in [-0.3, -0.25) is 4.90 Å². The first kappa shape index (κ1) is 27.0. The van der Waals surface area contributed by atoms with Gasteiger partial charge in [0.1, 0.15) is 22.2 Å². The Morgan fingerprint density at radius 2 is 1.76 bits per heavy atom. The minimum Gasteiger partial charge on any atom is -0.393 e. The fourth-order valence-electron chi connectivity index (χ4n) is 5.36. The molecular weight excluding hydrogens is 526 g/mol. The van der Waals surface area contributed by atoms with Gasteiger partial charge >= 0.3 is 6.18 Å². The zero-order valence-electron chi connectivity index (χ0n) is 20.8. The number of hydrogen-bond acceptors (Lipinski definition) is 6. The third-order valence-corrected chi connectivity index (χ3v) is 9.28. The number of nitrogens with zero attached hydrogens (tertiary/aromatic N) is 5. The Balaban J connectivity index is 1.42. The molecule has 206 valence electrons. The molecule has 13 heteroatoms. The molecule has 5 rings (SSSR count). The number of aliphatic hydroxyl groups excluding tert-OH is 1. The number of alkyl halides is 3. The Hall–Kier alpha value is -2.61. The van der Waals surface area contributed by atoms with E-state index >= 15 is 4.39 Å². The summed E-state index contributed by atoms with van der Waals surface area (Å²) in [5.74, 6) is -0.350. The molecule has 0 spiro atoms. The van der Waals surface area contributed by atoms with Crippen molar-refractivity contribution in [2.75, 3.05) is 32.7 Å². The summed E-state index contributed by atoms with van der Waals surface area (Å²) in [6.07, 6.45) is 1.76. The van der Waals surface area contributed by atoms with Crippen molar-refractivity contribution in [1.29, 1.82) is 0 Å². The summed E-state index contributed by atoms with van der Waals surface area (Å²) < 4.78 is 82.6. The molecule has 0 atom stereocenters. The van der Waals surface area contributed by atoms with Crippen LogP contribution < -0.4 is 0 Å². The van der Waals surface area contributed by atoms with Crippen LogP contribution in [0.5, 0.6) is 0 Å². The van der Waals surface area contributed by atoms with Crippen LogP contribution in [0, 0.1) is 12.7 Å². The topological polar surface area (TPSA) is 91.6 Å². The van der Waals surface area contributed by atoms with Crippen molar-refractivity contribution in [1.82, 2.24) is 23.7 Å². The van der Waals surface area contributed by atoms with E-state index in [-0.39, 0.29) is 38.3 Å². The molecule has 0 unspecified atom stereocenters. The van der Waals surface area contributed by atoms with Crippen molar-refractivity contribution in [2.24, 2.45) is 0 Å². The maximum atomic E-state index is 15.3. The third-order valence-electron chi connectivity index (χ3n) is 7.35. The van der Waals surface area contributed by atoms with Crippen molar-refractivity contribution < 1.29 is 31.1 Å². The van der Waals surface area contributed by atoms with E-state index in [0.717, 1.165) is 28.1 Å². The lowest BCUT2D eigenvalue weighted by molar-refractivity contribution is -0.148. The average Bonchev–Trinajstić information content (AvgIpc) is 3.22. The van der Waals surface area contributed by atoms with E-state index in [2.05, 4.69) is 9.97 Å². The van der Waals surface area contributed by atoms with Gasteiger partial charge in [0.2, 0.25) is 10.0 Å². The van der Waals surface area contributed by atoms with Gasteiger partial charge in [-0.25, -0.2) is 22.8 Å². The number of piperazine rings is 1. The first-order chi connectivity index (χ1) is 17.9. The molecule has 0 amide bonds. The van der Waals surface area contributed by atoms with Gasteiger partial charge in [0, 0.05) is 55.6 Å². The lowest BCUT2D eigenvalue weighted by Crippen LogP contribution is -2.50. The molecule has 0 bridgehead atoms. The Labute approximate surface area is 217 Å². The SMILES string of the molecule is Cc1ncc2c(-c3ccc(S(=O)(=O)N4CCN(CC(F)(F)F)CC4)c(F)c3)cn(C3CCC(O)CC3)c2n1. The van der Waals surface area contributed by atoms with Crippen LogP contribution in [0.4, 0.5) is 17.6 Å². The summed E-state index contributed by atoms with van der Waals surface area (Å²) in [6, 6.07) is 4.01. The highest BCUT2D eigenvalue weighted by Crippen LogP contribution is 2.37. The van der Waals surface area contributed by atoms with Gasteiger partial charge in [0.05, 0.1) is 12.6 Å². The summed E-state index contributed by atoms with van der Waals surface area (Å²) in [7, 11) is -4.23. The van der Waals surface area contributed by atoms with Crippen LogP contribution in [0.1, 0.15) is 37.5 Å². The van der Waals surface area contributed by atoms with E-state index in [9.17, 15) is 26.7 Å². The molecule has 1 N–H and O–H groups in total. The van der Waals surface area contributed by atoms with Crippen molar-refractivity contribution in [3.8, 4) is 11.1 Å². The quantitative estimate of drug-likeness (QED) is 0.481. The second kappa shape index (κ2) is 10.2. The molecule has 1 aliphatic carbocycles. The number of benzene rings is 1. The Bertz CT molecular complexity index is 1430. The molecule has 3 aromatic rings. The number of aliphatic hydroxyl groups is 1. The Morgan fingerprint density at radius 1 is 1.08 bits per heavy atom. The molecule has 2 aliphatic rings. The Kier molecular flexibility index (Phi) is 7.22. The van der Waals surface area contributed by atoms with E-state index in [1.165, 1.54) is 12.1 Å². The summed E-state index contributed by atoms with van der Waals surface area (Å²) in [5, 5.41) is 10.6. The Morgan fingerprint density at radius 3 is 2.39 bits per heavy atom. The molecule has 1 saturated heterocycles.